The van der Waals surface area contributed by atoms with Gasteiger partial charge in [0.1, 0.15) is 5.60 Å². The lowest BCUT2D eigenvalue weighted by atomic mass is 9.97. The third-order valence-electron chi connectivity index (χ3n) is 2.46. The molecule has 1 fully saturated rings. The summed E-state index contributed by atoms with van der Waals surface area (Å²) >= 11 is 0. The van der Waals surface area contributed by atoms with E-state index in [-0.39, 0.29) is 11.7 Å². The highest BCUT2D eigenvalue weighted by Crippen LogP contribution is 2.27. The Hall–Kier alpha value is -0.870. The Balaban J connectivity index is 2.20. The minimum absolute atomic E-state index is 0.231. The Kier molecular flexibility index (Phi) is 2.09. The number of ether oxygens (including phenoxy) is 1. The Labute approximate surface area is 77.7 Å². The minimum Gasteiger partial charge on any atom is -0.365 e. The Morgan fingerprint density at radius 2 is 2.54 bits per heavy atom. The van der Waals surface area contributed by atoms with Crippen LogP contribution in [0.1, 0.15) is 19.4 Å². The van der Waals surface area contributed by atoms with Crippen LogP contribution in [0, 0.1) is 0 Å². The van der Waals surface area contributed by atoms with Gasteiger partial charge in [-0.25, -0.2) is 0 Å². The lowest BCUT2D eigenvalue weighted by molar-refractivity contribution is -0.102. The number of nitrogens with zero attached hydrogens (tertiary/aromatic N) is 1. The van der Waals surface area contributed by atoms with Gasteiger partial charge in [-0.05, 0) is 13.8 Å². The molecule has 13 heavy (non-hydrogen) atoms. The van der Waals surface area contributed by atoms with E-state index in [1.54, 1.807) is 0 Å². The van der Waals surface area contributed by atoms with Crippen molar-refractivity contribution in [3.63, 3.8) is 0 Å². The minimum atomic E-state index is -0.231. The van der Waals surface area contributed by atoms with Gasteiger partial charge in [-0.1, -0.05) is 0 Å². The summed E-state index contributed by atoms with van der Waals surface area (Å²) < 4.78 is 5.90. The molecule has 2 atom stereocenters. The highest BCUT2D eigenvalue weighted by molar-refractivity contribution is 5.15. The molecule has 0 aliphatic carbocycles. The van der Waals surface area contributed by atoms with Crippen molar-refractivity contribution in [2.75, 3.05) is 13.1 Å². The molecule has 1 aromatic rings. The van der Waals surface area contributed by atoms with E-state index in [0.29, 0.717) is 0 Å². The maximum atomic E-state index is 5.90. The fourth-order valence-corrected chi connectivity index (χ4v) is 1.75. The molecule has 0 unspecified atom stereocenters. The van der Waals surface area contributed by atoms with E-state index in [4.69, 9.17) is 4.74 Å². The van der Waals surface area contributed by atoms with Gasteiger partial charge in [0.25, 0.3) is 0 Å². The molecule has 1 saturated heterocycles. The van der Waals surface area contributed by atoms with E-state index in [1.165, 1.54) is 0 Å². The van der Waals surface area contributed by atoms with Crippen molar-refractivity contribution in [3.8, 4) is 0 Å². The number of rotatable bonds is 1. The predicted octanol–water partition coefficient (Wildman–Crippen LogP) is 0.633. The van der Waals surface area contributed by atoms with E-state index in [0.717, 1.165) is 18.7 Å². The summed E-state index contributed by atoms with van der Waals surface area (Å²) in [4.78, 5) is 0. The molecule has 0 saturated carbocycles. The normalized spacial score (nSPS) is 34.8. The molecular formula is C9H15N3O. The van der Waals surface area contributed by atoms with Gasteiger partial charge < -0.3 is 10.1 Å². The topological polar surface area (TPSA) is 49.9 Å². The second kappa shape index (κ2) is 3.12. The van der Waals surface area contributed by atoms with E-state index in [2.05, 4.69) is 29.4 Å². The quantitative estimate of drug-likeness (QED) is 0.668. The van der Waals surface area contributed by atoms with Crippen LogP contribution in [0.2, 0.25) is 0 Å². The van der Waals surface area contributed by atoms with Gasteiger partial charge in [-0.3, -0.25) is 5.10 Å². The van der Waals surface area contributed by atoms with Gasteiger partial charge in [0.15, 0.2) is 0 Å². The first-order chi connectivity index (χ1) is 6.21. The average Bonchev–Trinajstić information content (AvgIpc) is 2.55. The van der Waals surface area contributed by atoms with Crippen molar-refractivity contribution in [2.24, 2.45) is 0 Å². The number of aromatic nitrogens is 2. The standard InChI is InChI=1S/C9H15N3O/c1-7-3-10-6-9(2,13-7)8-4-11-12-5-8/h4-5,7,10H,3,6H2,1-2H3,(H,11,12)/t7-,9+/m1/s1. The molecule has 4 heteroatoms. The molecule has 0 bridgehead atoms. The zero-order chi connectivity index (χ0) is 9.31. The van der Waals surface area contributed by atoms with Crippen LogP contribution < -0.4 is 5.32 Å². The van der Waals surface area contributed by atoms with Crippen LogP contribution in [0.15, 0.2) is 12.4 Å². The molecule has 1 aliphatic heterocycles. The summed E-state index contributed by atoms with van der Waals surface area (Å²) in [6, 6.07) is 0. The van der Waals surface area contributed by atoms with Crippen molar-refractivity contribution >= 4 is 0 Å². The summed E-state index contributed by atoms with van der Waals surface area (Å²) in [5, 5.41) is 10.1. The number of hydrogen-bond donors (Lipinski definition) is 2. The summed E-state index contributed by atoms with van der Waals surface area (Å²) in [5.41, 5.74) is 0.872. The van der Waals surface area contributed by atoms with Crippen LogP contribution in [0.25, 0.3) is 0 Å². The van der Waals surface area contributed by atoms with Gasteiger partial charge in [0, 0.05) is 24.8 Å². The van der Waals surface area contributed by atoms with Crippen LogP contribution in [0.4, 0.5) is 0 Å². The van der Waals surface area contributed by atoms with E-state index in [1.807, 2.05) is 12.4 Å². The van der Waals surface area contributed by atoms with Crippen LogP contribution in [-0.2, 0) is 10.3 Å². The second-order valence-corrected chi connectivity index (χ2v) is 3.78. The number of morpholine rings is 1. The lowest BCUT2D eigenvalue weighted by Crippen LogP contribution is -2.49. The monoisotopic (exact) mass is 181 g/mol. The number of aromatic amines is 1. The van der Waals surface area contributed by atoms with Crippen LogP contribution in [-0.4, -0.2) is 29.4 Å². The van der Waals surface area contributed by atoms with Crippen molar-refractivity contribution in [1.29, 1.82) is 0 Å². The smallest absolute Gasteiger partial charge is 0.106 e. The first kappa shape index (κ1) is 8.72. The molecule has 0 amide bonds. The maximum Gasteiger partial charge on any atom is 0.106 e. The number of H-pyrrole nitrogens is 1. The fraction of sp³-hybridized carbons (Fsp3) is 0.667. The highest BCUT2D eigenvalue weighted by Gasteiger charge is 2.33. The van der Waals surface area contributed by atoms with Crippen LogP contribution in [0.5, 0.6) is 0 Å². The molecule has 0 spiro atoms. The molecule has 4 nitrogen and oxygen atoms in total. The van der Waals surface area contributed by atoms with E-state index < -0.39 is 0 Å². The highest BCUT2D eigenvalue weighted by atomic mass is 16.5. The van der Waals surface area contributed by atoms with Crippen molar-refractivity contribution < 1.29 is 4.74 Å². The average molecular weight is 181 g/mol. The summed E-state index contributed by atoms with van der Waals surface area (Å²) in [5.74, 6) is 0. The molecule has 2 rings (SSSR count). The van der Waals surface area contributed by atoms with Crippen molar-refractivity contribution in [1.82, 2.24) is 15.5 Å². The van der Waals surface area contributed by atoms with Gasteiger partial charge in [-0.15, -0.1) is 0 Å². The van der Waals surface area contributed by atoms with E-state index in [9.17, 15) is 0 Å². The zero-order valence-electron chi connectivity index (χ0n) is 8.00. The molecule has 2 N–H and O–H groups in total. The largest absolute Gasteiger partial charge is 0.365 e. The zero-order valence-corrected chi connectivity index (χ0v) is 8.00. The lowest BCUT2D eigenvalue weighted by Gasteiger charge is -2.37. The predicted molar refractivity (Wildman–Crippen MR) is 49.4 cm³/mol. The number of nitrogens with one attached hydrogen (secondary N) is 2. The van der Waals surface area contributed by atoms with Gasteiger partial charge in [0.2, 0.25) is 0 Å². The molecule has 2 heterocycles. The second-order valence-electron chi connectivity index (χ2n) is 3.78. The summed E-state index contributed by atoms with van der Waals surface area (Å²) in [7, 11) is 0. The SMILES string of the molecule is C[C@@H]1CNC[C@@](C)(c2cn[nH]c2)O1. The molecule has 1 aliphatic rings. The Morgan fingerprint density at radius 3 is 3.15 bits per heavy atom. The third-order valence-corrected chi connectivity index (χ3v) is 2.46. The number of hydrogen-bond acceptors (Lipinski definition) is 3. The molecule has 0 aromatic carbocycles. The molecule has 0 radical (unpaired) electrons. The molecule has 72 valence electrons. The third kappa shape index (κ3) is 1.59. The molecule has 1 aromatic heterocycles. The summed E-state index contributed by atoms with van der Waals surface area (Å²) in [6.45, 7) is 5.93. The van der Waals surface area contributed by atoms with E-state index >= 15 is 0 Å². The Bertz CT molecular complexity index is 272. The first-order valence-electron chi connectivity index (χ1n) is 4.58. The maximum absolute atomic E-state index is 5.90. The van der Waals surface area contributed by atoms with Crippen molar-refractivity contribution in [3.05, 3.63) is 18.0 Å². The van der Waals surface area contributed by atoms with Gasteiger partial charge in [-0.2, -0.15) is 5.10 Å². The Morgan fingerprint density at radius 1 is 1.69 bits per heavy atom. The summed E-state index contributed by atoms with van der Waals surface area (Å²) in [6.07, 6.45) is 3.97. The van der Waals surface area contributed by atoms with Gasteiger partial charge in [0.05, 0.1) is 12.3 Å². The molecular weight excluding hydrogens is 166 g/mol. The van der Waals surface area contributed by atoms with Crippen LogP contribution >= 0.6 is 0 Å². The first-order valence-corrected chi connectivity index (χ1v) is 4.58. The fourth-order valence-electron chi connectivity index (χ4n) is 1.75. The van der Waals surface area contributed by atoms with Crippen LogP contribution in [0.3, 0.4) is 0 Å². The van der Waals surface area contributed by atoms with Gasteiger partial charge >= 0.3 is 0 Å². The van der Waals surface area contributed by atoms with Crippen molar-refractivity contribution in [2.45, 2.75) is 25.6 Å².